The summed E-state index contributed by atoms with van der Waals surface area (Å²) in [6.07, 6.45) is 0. The van der Waals surface area contributed by atoms with Crippen molar-refractivity contribution in [1.29, 1.82) is 0 Å². The number of amides is 3. The minimum Gasteiger partial charge on any atom is -0.378 e. The molecule has 1 aliphatic heterocycles. The SMILES string of the molecule is CC1(O)[CH]NC(=O)NC1=O. The van der Waals surface area contributed by atoms with Crippen LogP contribution in [-0.4, -0.2) is 22.6 Å². The van der Waals surface area contributed by atoms with Gasteiger partial charge in [-0.2, -0.15) is 0 Å². The van der Waals surface area contributed by atoms with E-state index in [1.165, 1.54) is 6.92 Å². The van der Waals surface area contributed by atoms with Crippen molar-refractivity contribution in [3.05, 3.63) is 6.54 Å². The van der Waals surface area contributed by atoms with Gasteiger partial charge in [0.25, 0.3) is 5.91 Å². The summed E-state index contributed by atoms with van der Waals surface area (Å²) in [6, 6.07) is -0.614. The first-order valence-electron chi connectivity index (χ1n) is 2.71. The van der Waals surface area contributed by atoms with Gasteiger partial charge in [-0.3, -0.25) is 10.1 Å². The van der Waals surface area contributed by atoms with Crippen LogP contribution >= 0.6 is 0 Å². The number of carbonyl (C=O) groups excluding carboxylic acids is 2. The Morgan fingerprint density at radius 1 is 1.60 bits per heavy atom. The molecule has 1 rings (SSSR count). The highest BCUT2D eigenvalue weighted by atomic mass is 16.3. The normalized spacial score (nSPS) is 33.0. The fraction of sp³-hybridized carbons (Fsp3) is 0.400. The van der Waals surface area contributed by atoms with Crippen molar-refractivity contribution >= 4 is 11.9 Å². The average Bonchev–Trinajstić information content (AvgIpc) is 1.81. The molecule has 3 N–H and O–H groups in total. The van der Waals surface area contributed by atoms with E-state index in [9.17, 15) is 9.59 Å². The number of hydrogen-bond donors (Lipinski definition) is 3. The second-order valence-electron chi connectivity index (χ2n) is 2.22. The minimum atomic E-state index is -1.59. The van der Waals surface area contributed by atoms with Gasteiger partial charge in [0, 0.05) is 0 Å². The van der Waals surface area contributed by atoms with Crippen LogP contribution in [0.5, 0.6) is 0 Å². The minimum absolute atomic E-state index is 0.614. The zero-order valence-corrected chi connectivity index (χ0v) is 5.34. The molecule has 0 aromatic heterocycles. The van der Waals surface area contributed by atoms with Gasteiger partial charge in [-0.05, 0) is 6.92 Å². The zero-order chi connectivity index (χ0) is 7.78. The highest BCUT2D eigenvalue weighted by Gasteiger charge is 2.36. The second kappa shape index (κ2) is 1.95. The predicted octanol–water partition coefficient (Wildman–Crippen LogP) is -1.26. The maximum Gasteiger partial charge on any atom is 0.321 e. The lowest BCUT2D eigenvalue weighted by Gasteiger charge is -2.25. The molecule has 0 aromatic carbocycles. The maximum atomic E-state index is 10.7. The molecule has 55 valence electrons. The number of rotatable bonds is 0. The molecule has 1 unspecified atom stereocenters. The fourth-order valence-corrected chi connectivity index (χ4v) is 0.537. The largest absolute Gasteiger partial charge is 0.378 e. The molecule has 1 radical (unpaired) electrons. The number of aliphatic hydroxyl groups is 1. The van der Waals surface area contributed by atoms with E-state index < -0.39 is 17.5 Å². The Hall–Kier alpha value is -1.10. The standard InChI is InChI=1S/C5H7N2O3/c1-5(10)2-6-4(9)7-3(5)8/h2,10H,1H3,(H2,6,7,8,9). The lowest BCUT2D eigenvalue weighted by molar-refractivity contribution is -0.135. The molecular formula is C5H7N2O3. The van der Waals surface area contributed by atoms with E-state index in [4.69, 9.17) is 5.11 Å². The molecular weight excluding hydrogens is 136 g/mol. The van der Waals surface area contributed by atoms with Gasteiger partial charge in [-0.1, -0.05) is 0 Å². The topological polar surface area (TPSA) is 78.4 Å². The summed E-state index contributed by atoms with van der Waals surface area (Å²) < 4.78 is 0. The van der Waals surface area contributed by atoms with Gasteiger partial charge in [0.1, 0.15) is 0 Å². The number of nitrogens with one attached hydrogen (secondary N) is 2. The predicted molar refractivity (Wildman–Crippen MR) is 31.6 cm³/mol. The molecule has 3 amide bonds. The molecule has 10 heavy (non-hydrogen) atoms. The Kier molecular flexibility index (Phi) is 1.37. The van der Waals surface area contributed by atoms with Gasteiger partial charge in [-0.25, -0.2) is 4.79 Å². The summed E-state index contributed by atoms with van der Waals surface area (Å²) in [7, 11) is 0. The monoisotopic (exact) mass is 143 g/mol. The lowest BCUT2D eigenvalue weighted by atomic mass is 10.1. The van der Waals surface area contributed by atoms with Crippen LogP contribution in [-0.2, 0) is 4.79 Å². The van der Waals surface area contributed by atoms with Crippen LogP contribution in [0.3, 0.4) is 0 Å². The van der Waals surface area contributed by atoms with E-state index in [-0.39, 0.29) is 0 Å². The third kappa shape index (κ3) is 1.08. The van der Waals surface area contributed by atoms with Crippen molar-refractivity contribution < 1.29 is 14.7 Å². The molecule has 1 aliphatic rings. The smallest absolute Gasteiger partial charge is 0.321 e. The lowest BCUT2D eigenvalue weighted by Crippen LogP contribution is -2.58. The van der Waals surface area contributed by atoms with Gasteiger partial charge in [0.15, 0.2) is 5.60 Å². The molecule has 1 heterocycles. The Morgan fingerprint density at radius 2 is 2.20 bits per heavy atom. The summed E-state index contributed by atoms with van der Waals surface area (Å²) in [5.41, 5.74) is -1.59. The Labute approximate surface area is 57.4 Å². The highest BCUT2D eigenvalue weighted by molar-refractivity contribution is 6.02. The molecule has 1 fully saturated rings. The van der Waals surface area contributed by atoms with E-state index >= 15 is 0 Å². The van der Waals surface area contributed by atoms with Crippen molar-refractivity contribution in [1.82, 2.24) is 10.6 Å². The van der Waals surface area contributed by atoms with E-state index in [1.807, 2.05) is 5.32 Å². The number of hydrogen-bond acceptors (Lipinski definition) is 3. The van der Waals surface area contributed by atoms with Crippen molar-refractivity contribution in [3.63, 3.8) is 0 Å². The number of carbonyl (C=O) groups is 2. The van der Waals surface area contributed by atoms with E-state index in [0.29, 0.717) is 0 Å². The van der Waals surface area contributed by atoms with E-state index in [1.54, 1.807) is 0 Å². The number of urea groups is 1. The molecule has 1 saturated heterocycles. The molecule has 5 nitrogen and oxygen atoms in total. The van der Waals surface area contributed by atoms with Crippen molar-refractivity contribution in [2.75, 3.05) is 0 Å². The van der Waals surface area contributed by atoms with Crippen molar-refractivity contribution in [2.24, 2.45) is 0 Å². The highest BCUT2D eigenvalue weighted by Crippen LogP contribution is 2.08. The maximum absolute atomic E-state index is 10.7. The third-order valence-electron chi connectivity index (χ3n) is 1.17. The van der Waals surface area contributed by atoms with Crippen LogP contribution in [0, 0.1) is 6.54 Å². The first-order valence-corrected chi connectivity index (χ1v) is 2.71. The van der Waals surface area contributed by atoms with Gasteiger partial charge in [0.05, 0.1) is 6.54 Å². The fourth-order valence-electron chi connectivity index (χ4n) is 0.537. The summed E-state index contributed by atoms with van der Waals surface area (Å²) in [5, 5.41) is 13.1. The summed E-state index contributed by atoms with van der Waals surface area (Å²) in [4.78, 5) is 21.0. The summed E-state index contributed by atoms with van der Waals surface area (Å²) in [6.45, 7) is 2.32. The second-order valence-corrected chi connectivity index (χ2v) is 2.22. The third-order valence-corrected chi connectivity index (χ3v) is 1.17. The molecule has 0 spiro atoms. The van der Waals surface area contributed by atoms with Crippen LogP contribution < -0.4 is 10.6 Å². The van der Waals surface area contributed by atoms with Gasteiger partial charge < -0.3 is 10.4 Å². The molecule has 5 heteroatoms. The summed E-state index contributed by atoms with van der Waals surface area (Å²) >= 11 is 0. The summed E-state index contributed by atoms with van der Waals surface area (Å²) in [5.74, 6) is -0.712. The first kappa shape index (κ1) is 7.01. The molecule has 0 aliphatic carbocycles. The average molecular weight is 143 g/mol. The number of imide groups is 1. The quantitative estimate of drug-likeness (QED) is 0.396. The van der Waals surface area contributed by atoms with Crippen molar-refractivity contribution in [3.8, 4) is 0 Å². The molecule has 0 saturated carbocycles. The van der Waals surface area contributed by atoms with Crippen LogP contribution in [0.15, 0.2) is 0 Å². The van der Waals surface area contributed by atoms with E-state index in [0.717, 1.165) is 6.54 Å². The van der Waals surface area contributed by atoms with Crippen LogP contribution in [0.2, 0.25) is 0 Å². The van der Waals surface area contributed by atoms with E-state index in [2.05, 4.69) is 5.32 Å². The molecule has 0 aromatic rings. The van der Waals surface area contributed by atoms with Crippen LogP contribution in [0.25, 0.3) is 0 Å². The Balaban J connectivity index is 2.70. The van der Waals surface area contributed by atoms with Gasteiger partial charge >= 0.3 is 6.03 Å². The van der Waals surface area contributed by atoms with Crippen molar-refractivity contribution in [2.45, 2.75) is 12.5 Å². The van der Waals surface area contributed by atoms with Gasteiger partial charge in [0.2, 0.25) is 0 Å². The van der Waals surface area contributed by atoms with Crippen LogP contribution in [0.1, 0.15) is 6.92 Å². The molecule has 0 bridgehead atoms. The first-order chi connectivity index (χ1) is 4.52. The molecule has 1 atom stereocenters. The van der Waals surface area contributed by atoms with Gasteiger partial charge in [-0.15, -0.1) is 0 Å². The Morgan fingerprint density at radius 3 is 2.60 bits per heavy atom. The van der Waals surface area contributed by atoms with Crippen LogP contribution in [0.4, 0.5) is 4.79 Å². The zero-order valence-electron chi connectivity index (χ0n) is 5.34. The Bertz CT molecular complexity index is 187.